The molecule has 1 unspecified atom stereocenters. The van der Waals surface area contributed by atoms with E-state index in [4.69, 9.17) is 18.6 Å². The summed E-state index contributed by atoms with van der Waals surface area (Å²) in [6.45, 7) is 2.41. The second-order valence-electron chi connectivity index (χ2n) is 7.02. The summed E-state index contributed by atoms with van der Waals surface area (Å²) < 4.78 is 22.1. The fraction of sp³-hybridized carbons (Fsp3) is 0.450. The van der Waals surface area contributed by atoms with Crippen LogP contribution in [0, 0.1) is 5.92 Å². The molecule has 0 saturated carbocycles. The van der Waals surface area contributed by atoms with Crippen LogP contribution in [-0.2, 0) is 11.2 Å². The monoisotopic (exact) mass is 355 g/mol. The standard InChI is InChI=1S/C20H21NO5/c22-20(16-2-1-7-24-16)21-6-3-14-10-17-18(26-12-25-17)11-15(14)19(21)13-4-8-23-9-5-13/h1-2,7,10-11,13,19H,3-6,8-9,12H2. The number of benzene rings is 1. The van der Waals surface area contributed by atoms with E-state index in [-0.39, 0.29) is 18.7 Å². The highest BCUT2D eigenvalue weighted by Gasteiger charge is 2.39. The van der Waals surface area contributed by atoms with Crippen LogP contribution in [0.5, 0.6) is 11.5 Å². The molecule has 26 heavy (non-hydrogen) atoms. The Balaban J connectivity index is 1.56. The highest BCUT2D eigenvalue weighted by atomic mass is 16.7. The van der Waals surface area contributed by atoms with Crippen molar-refractivity contribution in [3.8, 4) is 11.5 Å². The molecule has 0 bridgehead atoms. The van der Waals surface area contributed by atoms with E-state index in [2.05, 4.69) is 12.1 Å². The number of amides is 1. The van der Waals surface area contributed by atoms with Crippen molar-refractivity contribution >= 4 is 5.91 Å². The van der Waals surface area contributed by atoms with Gasteiger partial charge in [-0.15, -0.1) is 0 Å². The van der Waals surface area contributed by atoms with Crippen molar-refractivity contribution in [2.24, 2.45) is 5.92 Å². The molecule has 2 aromatic rings. The Bertz CT molecular complexity index is 810. The zero-order chi connectivity index (χ0) is 17.5. The zero-order valence-electron chi connectivity index (χ0n) is 14.5. The predicted octanol–water partition coefficient (Wildman–Crippen LogP) is 3.17. The second-order valence-corrected chi connectivity index (χ2v) is 7.02. The lowest BCUT2D eigenvalue weighted by Gasteiger charge is -2.42. The summed E-state index contributed by atoms with van der Waals surface area (Å²) in [5.41, 5.74) is 2.42. The molecule has 6 nitrogen and oxygen atoms in total. The first-order valence-corrected chi connectivity index (χ1v) is 9.16. The number of nitrogens with zero attached hydrogens (tertiary/aromatic N) is 1. The Labute approximate surface area is 151 Å². The van der Waals surface area contributed by atoms with Crippen molar-refractivity contribution in [1.29, 1.82) is 0 Å². The number of furan rings is 1. The lowest BCUT2D eigenvalue weighted by Crippen LogP contribution is -2.44. The van der Waals surface area contributed by atoms with Crippen molar-refractivity contribution < 1.29 is 23.4 Å². The SMILES string of the molecule is O=C(c1ccco1)N1CCc2cc3c(cc2C1C1CCOCC1)OCO3. The molecule has 1 saturated heterocycles. The quantitative estimate of drug-likeness (QED) is 0.828. The van der Waals surface area contributed by atoms with Crippen LogP contribution in [0.25, 0.3) is 0 Å². The first kappa shape index (κ1) is 15.8. The molecule has 3 aliphatic heterocycles. The topological polar surface area (TPSA) is 61.1 Å². The van der Waals surface area contributed by atoms with E-state index in [0.29, 0.717) is 18.2 Å². The van der Waals surface area contributed by atoms with Crippen molar-refractivity contribution in [3.63, 3.8) is 0 Å². The van der Waals surface area contributed by atoms with Gasteiger partial charge in [0.1, 0.15) is 0 Å². The molecule has 1 amide bonds. The first-order chi connectivity index (χ1) is 12.8. The fourth-order valence-corrected chi connectivity index (χ4v) is 4.35. The van der Waals surface area contributed by atoms with Gasteiger partial charge in [-0.1, -0.05) is 0 Å². The number of carbonyl (C=O) groups is 1. The van der Waals surface area contributed by atoms with E-state index >= 15 is 0 Å². The van der Waals surface area contributed by atoms with Gasteiger partial charge in [-0.25, -0.2) is 0 Å². The van der Waals surface area contributed by atoms with Gasteiger partial charge < -0.3 is 23.5 Å². The van der Waals surface area contributed by atoms with E-state index in [1.54, 1.807) is 18.4 Å². The van der Waals surface area contributed by atoms with Gasteiger partial charge >= 0.3 is 0 Å². The Kier molecular flexibility index (Phi) is 3.85. The zero-order valence-corrected chi connectivity index (χ0v) is 14.5. The molecule has 0 aliphatic carbocycles. The van der Waals surface area contributed by atoms with Crippen molar-refractivity contribution in [2.75, 3.05) is 26.6 Å². The second kappa shape index (κ2) is 6.36. The van der Waals surface area contributed by atoms with E-state index in [0.717, 1.165) is 44.0 Å². The third kappa shape index (κ3) is 2.56. The minimum Gasteiger partial charge on any atom is -0.459 e. The molecular weight excluding hydrogens is 334 g/mol. The predicted molar refractivity (Wildman–Crippen MR) is 92.3 cm³/mol. The van der Waals surface area contributed by atoms with Crippen LogP contribution in [0.1, 0.15) is 40.6 Å². The Morgan fingerprint density at radius 3 is 2.69 bits per heavy atom. The Morgan fingerprint density at radius 2 is 1.92 bits per heavy atom. The third-order valence-corrected chi connectivity index (χ3v) is 5.62. The molecule has 6 heteroatoms. The van der Waals surface area contributed by atoms with E-state index in [9.17, 15) is 4.79 Å². The Hall–Kier alpha value is -2.47. The van der Waals surface area contributed by atoms with Crippen LogP contribution in [-0.4, -0.2) is 37.4 Å². The van der Waals surface area contributed by atoms with Crippen LogP contribution in [0.2, 0.25) is 0 Å². The summed E-state index contributed by atoms with van der Waals surface area (Å²) in [5, 5.41) is 0. The average Bonchev–Trinajstić information content (AvgIpc) is 3.37. The molecule has 0 N–H and O–H groups in total. The molecule has 1 aromatic carbocycles. The molecule has 4 heterocycles. The molecule has 3 aliphatic rings. The summed E-state index contributed by atoms with van der Waals surface area (Å²) in [7, 11) is 0. The third-order valence-electron chi connectivity index (χ3n) is 5.62. The lowest BCUT2D eigenvalue weighted by molar-refractivity contribution is 0.0183. The van der Waals surface area contributed by atoms with Crippen LogP contribution in [0.3, 0.4) is 0 Å². The number of rotatable bonds is 2. The van der Waals surface area contributed by atoms with Crippen LogP contribution >= 0.6 is 0 Å². The van der Waals surface area contributed by atoms with Gasteiger partial charge in [0, 0.05) is 19.8 Å². The average molecular weight is 355 g/mol. The maximum absolute atomic E-state index is 13.1. The molecular formula is C20H21NO5. The Morgan fingerprint density at radius 1 is 1.12 bits per heavy atom. The van der Waals surface area contributed by atoms with Crippen molar-refractivity contribution in [3.05, 3.63) is 47.4 Å². The van der Waals surface area contributed by atoms with Gasteiger partial charge in [0.25, 0.3) is 5.91 Å². The number of fused-ring (bicyclic) bond motifs is 2. The number of carbonyl (C=O) groups excluding carboxylic acids is 1. The maximum Gasteiger partial charge on any atom is 0.290 e. The van der Waals surface area contributed by atoms with Gasteiger partial charge in [-0.2, -0.15) is 0 Å². The molecule has 1 fully saturated rings. The normalized spacial score (nSPS) is 22.3. The van der Waals surface area contributed by atoms with Gasteiger partial charge in [-0.05, 0) is 60.6 Å². The van der Waals surface area contributed by atoms with Gasteiger partial charge in [-0.3, -0.25) is 4.79 Å². The van der Waals surface area contributed by atoms with Gasteiger partial charge in [0.15, 0.2) is 17.3 Å². The van der Waals surface area contributed by atoms with E-state index in [1.807, 2.05) is 4.90 Å². The van der Waals surface area contributed by atoms with Crippen LogP contribution < -0.4 is 9.47 Å². The molecule has 1 atom stereocenters. The van der Waals surface area contributed by atoms with Gasteiger partial charge in [0.2, 0.25) is 6.79 Å². The number of hydrogen-bond acceptors (Lipinski definition) is 5. The van der Waals surface area contributed by atoms with Gasteiger partial charge in [0.05, 0.1) is 12.3 Å². The number of hydrogen-bond donors (Lipinski definition) is 0. The highest BCUT2D eigenvalue weighted by molar-refractivity contribution is 5.92. The molecule has 5 rings (SSSR count). The molecule has 1 aromatic heterocycles. The minimum absolute atomic E-state index is 0.00903. The lowest BCUT2D eigenvalue weighted by atomic mass is 9.80. The van der Waals surface area contributed by atoms with Crippen LogP contribution in [0.4, 0.5) is 0 Å². The summed E-state index contributed by atoms with van der Waals surface area (Å²) in [6.07, 6.45) is 4.24. The summed E-state index contributed by atoms with van der Waals surface area (Å²) >= 11 is 0. The maximum atomic E-state index is 13.1. The van der Waals surface area contributed by atoms with Crippen LogP contribution in [0.15, 0.2) is 34.9 Å². The van der Waals surface area contributed by atoms with Crippen molar-refractivity contribution in [2.45, 2.75) is 25.3 Å². The first-order valence-electron chi connectivity index (χ1n) is 9.16. The largest absolute Gasteiger partial charge is 0.459 e. The summed E-state index contributed by atoms with van der Waals surface area (Å²) in [6, 6.07) is 7.65. The molecule has 0 radical (unpaired) electrons. The molecule has 136 valence electrons. The molecule has 0 spiro atoms. The summed E-state index contributed by atoms with van der Waals surface area (Å²) in [4.78, 5) is 15.1. The highest BCUT2D eigenvalue weighted by Crippen LogP contribution is 2.45. The minimum atomic E-state index is -0.0465. The summed E-state index contributed by atoms with van der Waals surface area (Å²) in [5.74, 6) is 2.29. The fourth-order valence-electron chi connectivity index (χ4n) is 4.35. The van der Waals surface area contributed by atoms with E-state index in [1.165, 1.54) is 11.1 Å². The number of ether oxygens (including phenoxy) is 3. The smallest absolute Gasteiger partial charge is 0.290 e. The van der Waals surface area contributed by atoms with Crippen molar-refractivity contribution in [1.82, 2.24) is 4.90 Å². The van der Waals surface area contributed by atoms with E-state index < -0.39 is 0 Å².